The molecule has 0 saturated heterocycles. The maximum atomic E-state index is 2.61. The smallest absolute Gasteiger partial charge is 0.333 e. The van der Waals surface area contributed by atoms with Gasteiger partial charge in [-0.1, -0.05) is 133 Å². The van der Waals surface area contributed by atoms with Gasteiger partial charge in [-0.05, 0) is 88.8 Å². The zero-order chi connectivity index (χ0) is 38.3. The first-order valence-corrected chi connectivity index (χ1v) is 20.5. The van der Waals surface area contributed by atoms with Crippen LogP contribution in [0.2, 0.25) is 0 Å². The average molecular weight is 749 g/mol. The van der Waals surface area contributed by atoms with Crippen LogP contribution in [-0.4, -0.2) is 16.0 Å². The number of nitrogens with zero attached hydrogens (tertiary/aromatic N) is 4. The molecule has 11 aromatic rings. The zero-order valence-electron chi connectivity index (χ0n) is 31.9. The Morgan fingerprint density at radius 3 is 1.07 bits per heavy atom. The minimum absolute atomic E-state index is 0.0331. The molecule has 4 nitrogen and oxygen atoms in total. The van der Waals surface area contributed by atoms with E-state index in [1.807, 2.05) is 0 Å². The molecule has 5 heteroatoms. The van der Waals surface area contributed by atoms with Crippen LogP contribution in [0.4, 0.5) is 28.4 Å². The van der Waals surface area contributed by atoms with Gasteiger partial charge in [0.25, 0.3) is 0 Å². The van der Waals surface area contributed by atoms with E-state index in [9.17, 15) is 0 Å². The molecular weight excluding hydrogens is 715 g/mol. The summed E-state index contributed by atoms with van der Waals surface area (Å²) in [7, 11) is 0. The van der Waals surface area contributed by atoms with Gasteiger partial charge < -0.3 is 18.8 Å². The summed E-state index contributed by atoms with van der Waals surface area (Å²) in [5, 5.41) is 5.00. The maximum absolute atomic E-state index is 2.61. The van der Waals surface area contributed by atoms with Crippen molar-refractivity contribution in [3.8, 4) is 33.6 Å². The van der Waals surface area contributed by atoms with E-state index >= 15 is 0 Å². The molecular formula is C54H33BN4. The third kappa shape index (κ3) is 4.04. The molecule has 14 rings (SSSR count). The monoisotopic (exact) mass is 748 g/mol. The van der Waals surface area contributed by atoms with Crippen molar-refractivity contribution in [1.29, 1.82) is 0 Å². The fourth-order valence-corrected chi connectivity index (χ4v) is 11.0. The minimum Gasteiger partial charge on any atom is -0.376 e. The van der Waals surface area contributed by atoms with E-state index < -0.39 is 0 Å². The lowest BCUT2D eigenvalue weighted by Crippen LogP contribution is -2.63. The molecule has 0 unspecified atom stereocenters. The van der Waals surface area contributed by atoms with E-state index in [1.165, 1.54) is 99.5 Å². The second-order valence-corrected chi connectivity index (χ2v) is 16.1. The van der Waals surface area contributed by atoms with E-state index in [1.54, 1.807) is 0 Å². The summed E-state index contributed by atoms with van der Waals surface area (Å²) in [6.45, 7) is 0.0331. The summed E-state index contributed by atoms with van der Waals surface area (Å²) >= 11 is 0. The van der Waals surface area contributed by atoms with Gasteiger partial charge in [-0.25, -0.2) is 0 Å². The van der Waals surface area contributed by atoms with Crippen molar-refractivity contribution in [3.05, 3.63) is 200 Å². The Balaban J connectivity index is 1.13. The molecule has 9 aromatic carbocycles. The number of benzene rings is 9. The molecule has 3 aliphatic heterocycles. The van der Waals surface area contributed by atoms with Crippen molar-refractivity contribution < 1.29 is 0 Å². The van der Waals surface area contributed by atoms with Crippen molar-refractivity contribution in [3.63, 3.8) is 0 Å². The molecule has 0 N–H and O–H groups in total. The fraction of sp³-hybridized carbons (Fsp3) is 0. The second-order valence-electron chi connectivity index (χ2n) is 16.1. The molecule has 3 aliphatic rings. The van der Waals surface area contributed by atoms with Crippen LogP contribution >= 0.6 is 0 Å². The van der Waals surface area contributed by atoms with Gasteiger partial charge in [0.2, 0.25) is 0 Å². The molecule has 0 aliphatic carbocycles. The first-order chi connectivity index (χ1) is 29.3. The van der Waals surface area contributed by atoms with Crippen molar-refractivity contribution in [2.75, 3.05) is 9.71 Å². The number of anilines is 5. The van der Waals surface area contributed by atoms with Crippen molar-refractivity contribution in [2.24, 2.45) is 0 Å². The molecule has 272 valence electrons. The van der Waals surface area contributed by atoms with Gasteiger partial charge in [0.05, 0.1) is 39.1 Å². The number of hydrogen-bond donors (Lipinski definition) is 0. The third-order valence-corrected chi connectivity index (χ3v) is 13.2. The Labute approximate surface area is 341 Å². The SMILES string of the molecule is c1ccc2c(c1)-c1cccc3c1B1c4c(cccc4N3c3cc(-n4c5ccccc5c5ccccc54)cc(-n4c5ccccc5c5ccccc54)c3)-c3ccccc3N12. The van der Waals surface area contributed by atoms with Crippen molar-refractivity contribution in [1.82, 2.24) is 9.13 Å². The van der Waals surface area contributed by atoms with Gasteiger partial charge in [0.15, 0.2) is 0 Å². The lowest BCUT2D eigenvalue weighted by Gasteiger charge is -2.49. The quantitative estimate of drug-likeness (QED) is 0.167. The molecule has 0 atom stereocenters. The number of aromatic nitrogens is 2. The number of rotatable bonds is 3. The summed E-state index contributed by atoms with van der Waals surface area (Å²) in [5.74, 6) is 0. The van der Waals surface area contributed by atoms with Gasteiger partial charge in [0, 0.05) is 55.4 Å². The van der Waals surface area contributed by atoms with E-state index in [2.05, 4.69) is 219 Å². The van der Waals surface area contributed by atoms with E-state index in [0.717, 1.165) is 17.1 Å². The molecule has 0 saturated carbocycles. The first-order valence-electron chi connectivity index (χ1n) is 20.5. The summed E-state index contributed by atoms with van der Waals surface area (Å²) in [6.07, 6.45) is 0. The Morgan fingerprint density at radius 1 is 0.288 bits per heavy atom. The summed E-state index contributed by atoms with van der Waals surface area (Å²) < 4.78 is 4.93. The molecule has 0 bridgehead atoms. The number of hydrogen-bond acceptors (Lipinski definition) is 2. The van der Waals surface area contributed by atoms with Gasteiger partial charge in [-0.3, -0.25) is 0 Å². The molecule has 0 spiro atoms. The zero-order valence-corrected chi connectivity index (χ0v) is 31.9. The molecule has 5 heterocycles. The average Bonchev–Trinajstić information content (AvgIpc) is 3.82. The van der Waals surface area contributed by atoms with Gasteiger partial charge in [-0.2, -0.15) is 0 Å². The fourth-order valence-electron chi connectivity index (χ4n) is 11.0. The predicted molar refractivity (Wildman–Crippen MR) is 248 cm³/mol. The van der Waals surface area contributed by atoms with Gasteiger partial charge in [-0.15, -0.1) is 0 Å². The van der Waals surface area contributed by atoms with E-state index in [-0.39, 0.29) is 6.85 Å². The van der Waals surface area contributed by atoms with E-state index in [0.29, 0.717) is 0 Å². The molecule has 0 radical (unpaired) electrons. The molecule has 0 amide bonds. The summed E-state index contributed by atoms with van der Waals surface area (Å²) in [6, 6.07) is 74.3. The highest BCUT2D eigenvalue weighted by atomic mass is 15.2. The van der Waals surface area contributed by atoms with Crippen LogP contribution in [0, 0.1) is 0 Å². The highest BCUT2D eigenvalue weighted by Gasteiger charge is 2.48. The van der Waals surface area contributed by atoms with Crippen LogP contribution in [0.3, 0.4) is 0 Å². The van der Waals surface area contributed by atoms with Crippen LogP contribution in [0.25, 0.3) is 77.2 Å². The van der Waals surface area contributed by atoms with Gasteiger partial charge >= 0.3 is 6.85 Å². The van der Waals surface area contributed by atoms with Crippen LogP contribution in [0.1, 0.15) is 0 Å². The third-order valence-electron chi connectivity index (χ3n) is 13.2. The first kappa shape index (κ1) is 31.3. The topological polar surface area (TPSA) is 16.3 Å². The van der Waals surface area contributed by atoms with Crippen molar-refractivity contribution in [2.45, 2.75) is 0 Å². The lowest BCUT2D eigenvalue weighted by molar-refractivity contribution is 1.12. The van der Waals surface area contributed by atoms with Gasteiger partial charge in [0.1, 0.15) is 0 Å². The molecule has 59 heavy (non-hydrogen) atoms. The summed E-state index contributed by atoms with van der Waals surface area (Å²) in [5.41, 5.74) is 20.9. The Hall–Kier alpha value is -7.76. The summed E-state index contributed by atoms with van der Waals surface area (Å²) in [4.78, 5) is 5.17. The lowest BCUT2D eigenvalue weighted by atomic mass is 9.41. The highest BCUT2D eigenvalue weighted by molar-refractivity contribution is 6.95. The Bertz CT molecular complexity index is 3270. The largest absolute Gasteiger partial charge is 0.376 e. The van der Waals surface area contributed by atoms with Crippen LogP contribution in [-0.2, 0) is 0 Å². The maximum Gasteiger partial charge on any atom is 0.333 e. The van der Waals surface area contributed by atoms with Crippen LogP contribution < -0.4 is 20.6 Å². The van der Waals surface area contributed by atoms with E-state index in [4.69, 9.17) is 0 Å². The number of fused-ring (bicyclic) bond motifs is 12. The standard InChI is InChI=1S/C54H33BN4/c1-7-23-45-37(15-1)38-16-2-8-24-46(38)56(45)34-31-35(57-47-25-9-3-17-39(47)40-18-4-10-26-48(40)57)33-36(32-34)58-51-29-13-21-43-41-19-5-11-27-49(41)59-50-28-12-6-20-42(50)44-22-14-30-52(58)54(44)55(59)53(43)51/h1-33H. The van der Waals surface area contributed by atoms with Crippen LogP contribution in [0.15, 0.2) is 200 Å². The van der Waals surface area contributed by atoms with Crippen molar-refractivity contribution >= 4 is 89.8 Å². The van der Waals surface area contributed by atoms with Crippen LogP contribution in [0.5, 0.6) is 0 Å². The second kappa shape index (κ2) is 11.4. The minimum atomic E-state index is 0.0331. The Morgan fingerprint density at radius 2 is 0.627 bits per heavy atom. The number of para-hydroxylation sites is 6. The Kier molecular flexibility index (Phi) is 6.07. The molecule has 0 fully saturated rings. The normalized spacial score (nSPS) is 13.3. The molecule has 2 aromatic heterocycles. The predicted octanol–water partition coefficient (Wildman–Crippen LogP) is 12.6. The highest BCUT2D eigenvalue weighted by Crippen LogP contribution is 2.52.